The van der Waals surface area contributed by atoms with Crippen LogP contribution in [0.3, 0.4) is 0 Å². The van der Waals surface area contributed by atoms with Crippen molar-refractivity contribution >= 4 is 27.6 Å². The zero-order chi connectivity index (χ0) is 17.1. The van der Waals surface area contributed by atoms with Gasteiger partial charge in [-0.1, -0.05) is 6.07 Å². The maximum Gasteiger partial charge on any atom is 0.321 e. The van der Waals surface area contributed by atoms with Gasteiger partial charge in [-0.15, -0.1) is 0 Å². The van der Waals surface area contributed by atoms with Gasteiger partial charge in [0.25, 0.3) is 0 Å². The molecule has 6 heteroatoms. The van der Waals surface area contributed by atoms with Crippen LogP contribution in [0.15, 0.2) is 41.0 Å². The number of amides is 2. The summed E-state index contributed by atoms with van der Waals surface area (Å²) in [6.45, 7) is 5.34. The molecule has 0 unspecified atom stereocenters. The lowest BCUT2D eigenvalue weighted by Crippen LogP contribution is -2.34. The van der Waals surface area contributed by atoms with Gasteiger partial charge in [0.1, 0.15) is 6.10 Å². The summed E-state index contributed by atoms with van der Waals surface area (Å²) in [7, 11) is 0. The molecule has 2 heterocycles. The Morgan fingerprint density at radius 2 is 2.12 bits per heavy atom. The van der Waals surface area contributed by atoms with E-state index in [9.17, 15) is 4.79 Å². The van der Waals surface area contributed by atoms with E-state index in [1.165, 1.54) is 5.56 Å². The number of aryl methyl sites for hydroxylation is 2. The number of halogens is 1. The first-order valence-corrected chi connectivity index (χ1v) is 8.72. The molecule has 1 fully saturated rings. The van der Waals surface area contributed by atoms with Crippen molar-refractivity contribution in [2.75, 3.05) is 18.4 Å². The number of anilines is 1. The SMILES string of the molecule is Cc1ccc(NC(=O)N2CC[C@H](Oc3ccc(Br)cn3)C2)cc1C. The fourth-order valence-electron chi connectivity index (χ4n) is 2.63. The Morgan fingerprint density at radius 3 is 2.83 bits per heavy atom. The van der Waals surface area contributed by atoms with Gasteiger partial charge in [-0.2, -0.15) is 0 Å². The van der Waals surface area contributed by atoms with Crippen molar-refractivity contribution in [3.8, 4) is 5.88 Å². The van der Waals surface area contributed by atoms with Crippen molar-refractivity contribution in [2.45, 2.75) is 26.4 Å². The first-order valence-electron chi connectivity index (χ1n) is 7.92. The van der Waals surface area contributed by atoms with Crippen molar-refractivity contribution in [1.29, 1.82) is 0 Å². The molecule has 1 aliphatic rings. The third-order valence-corrected chi connectivity index (χ3v) is 4.65. The fraction of sp³-hybridized carbons (Fsp3) is 0.333. The molecular weight excluding hydrogens is 370 g/mol. The lowest BCUT2D eigenvalue weighted by Gasteiger charge is -2.18. The van der Waals surface area contributed by atoms with E-state index in [4.69, 9.17) is 4.74 Å². The molecule has 126 valence electrons. The number of aromatic nitrogens is 1. The minimum absolute atomic E-state index is 0.0239. The van der Waals surface area contributed by atoms with E-state index in [0.29, 0.717) is 19.0 Å². The lowest BCUT2D eigenvalue weighted by atomic mass is 10.1. The molecule has 1 aromatic carbocycles. The summed E-state index contributed by atoms with van der Waals surface area (Å²) in [6, 6.07) is 9.55. The van der Waals surface area contributed by atoms with Crippen LogP contribution in [0.25, 0.3) is 0 Å². The Hall–Kier alpha value is -2.08. The largest absolute Gasteiger partial charge is 0.472 e. The van der Waals surface area contributed by atoms with Gasteiger partial charge < -0.3 is 15.0 Å². The average Bonchev–Trinajstić information content (AvgIpc) is 3.02. The van der Waals surface area contributed by atoms with Crippen LogP contribution in [0.5, 0.6) is 5.88 Å². The normalized spacial score (nSPS) is 17.0. The minimum Gasteiger partial charge on any atom is -0.472 e. The zero-order valence-corrected chi connectivity index (χ0v) is 15.3. The number of nitrogens with zero attached hydrogens (tertiary/aromatic N) is 2. The topological polar surface area (TPSA) is 54.5 Å². The number of nitrogens with one attached hydrogen (secondary N) is 1. The monoisotopic (exact) mass is 389 g/mol. The quantitative estimate of drug-likeness (QED) is 0.857. The van der Waals surface area contributed by atoms with E-state index in [2.05, 4.69) is 33.2 Å². The van der Waals surface area contributed by atoms with Crippen molar-refractivity contribution < 1.29 is 9.53 Å². The number of ether oxygens (including phenoxy) is 1. The van der Waals surface area contributed by atoms with Crippen LogP contribution in [0.4, 0.5) is 10.5 Å². The number of pyridine rings is 1. The molecule has 1 aromatic heterocycles. The summed E-state index contributed by atoms with van der Waals surface area (Å²) >= 11 is 3.35. The Morgan fingerprint density at radius 1 is 1.29 bits per heavy atom. The molecule has 2 aromatic rings. The molecule has 24 heavy (non-hydrogen) atoms. The van der Waals surface area contributed by atoms with Crippen LogP contribution in [-0.2, 0) is 0 Å². The van der Waals surface area contributed by atoms with Crippen LogP contribution in [-0.4, -0.2) is 35.1 Å². The fourth-order valence-corrected chi connectivity index (χ4v) is 2.87. The molecule has 1 saturated heterocycles. The Kier molecular flexibility index (Phi) is 5.04. The summed E-state index contributed by atoms with van der Waals surface area (Å²) in [6.07, 6.45) is 2.48. The number of likely N-dealkylation sites (tertiary alicyclic amines) is 1. The molecule has 1 N–H and O–H groups in total. The van der Waals surface area contributed by atoms with E-state index in [1.807, 2.05) is 37.3 Å². The first-order chi connectivity index (χ1) is 11.5. The van der Waals surface area contributed by atoms with Gasteiger partial charge >= 0.3 is 6.03 Å². The summed E-state index contributed by atoms with van der Waals surface area (Å²) in [5.74, 6) is 0.583. The molecule has 0 radical (unpaired) electrons. The Labute approximate surface area is 150 Å². The van der Waals surface area contributed by atoms with Gasteiger partial charge in [-0.25, -0.2) is 9.78 Å². The number of benzene rings is 1. The van der Waals surface area contributed by atoms with Crippen molar-refractivity contribution in [1.82, 2.24) is 9.88 Å². The Balaban J connectivity index is 1.55. The highest BCUT2D eigenvalue weighted by molar-refractivity contribution is 9.10. The van der Waals surface area contributed by atoms with Crippen LogP contribution < -0.4 is 10.1 Å². The summed E-state index contributed by atoms with van der Waals surface area (Å²) in [5, 5.41) is 2.95. The summed E-state index contributed by atoms with van der Waals surface area (Å²) in [5.41, 5.74) is 3.20. The van der Waals surface area contributed by atoms with E-state index in [-0.39, 0.29) is 12.1 Å². The molecule has 2 amide bonds. The van der Waals surface area contributed by atoms with E-state index in [0.717, 1.165) is 22.1 Å². The molecule has 1 aliphatic heterocycles. The second-order valence-corrected chi connectivity index (χ2v) is 6.93. The molecular formula is C18H20BrN3O2. The van der Waals surface area contributed by atoms with Gasteiger partial charge in [0.05, 0.1) is 6.54 Å². The third-order valence-electron chi connectivity index (χ3n) is 4.18. The Bertz CT molecular complexity index is 734. The lowest BCUT2D eigenvalue weighted by molar-refractivity contribution is 0.190. The highest BCUT2D eigenvalue weighted by Crippen LogP contribution is 2.20. The zero-order valence-electron chi connectivity index (χ0n) is 13.8. The van der Waals surface area contributed by atoms with Gasteiger partial charge in [0.15, 0.2) is 0 Å². The highest BCUT2D eigenvalue weighted by atomic mass is 79.9. The maximum absolute atomic E-state index is 12.4. The summed E-state index contributed by atoms with van der Waals surface area (Å²) in [4.78, 5) is 18.4. The molecule has 0 bridgehead atoms. The maximum atomic E-state index is 12.4. The number of urea groups is 1. The first kappa shape index (κ1) is 16.8. The molecule has 0 spiro atoms. The number of carbonyl (C=O) groups is 1. The van der Waals surface area contributed by atoms with Crippen LogP contribution in [0, 0.1) is 13.8 Å². The second kappa shape index (κ2) is 7.21. The van der Waals surface area contributed by atoms with E-state index < -0.39 is 0 Å². The minimum atomic E-state index is -0.0897. The van der Waals surface area contributed by atoms with Gasteiger partial charge in [0, 0.05) is 35.4 Å². The van der Waals surface area contributed by atoms with Crippen molar-refractivity contribution in [2.24, 2.45) is 0 Å². The molecule has 0 saturated carbocycles. The number of rotatable bonds is 3. The van der Waals surface area contributed by atoms with Crippen molar-refractivity contribution in [3.05, 3.63) is 52.1 Å². The molecule has 0 aliphatic carbocycles. The second-order valence-electron chi connectivity index (χ2n) is 6.02. The molecule has 5 nitrogen and oxygen atoms in total. The van der Waals surface area contributed by atoms with E-state index >= 15 is 0 Å². The number of hydrogen-bond donors (Lipinski definition) is 1. The van der Waals surface area contributed by atoms with Crippen LogP contribution >= 0.6 is 15.9 Å². The summed E-state index contributed by atoms with van der Waals surface area (Å²) < 4.78 is 6.75. The standard InChI is InChI=1S/C18H20BrN3O2/c1-12-3-5-15(9-13(12)2)21-18(23)22-8-7-16(11-22)24-17-6-4-14(19)10-20-17/h3-6,9-10,16H,7-8,11H2,1-2H3,(H,21,23)/t16-/m0/s1. The molecule has 3 rings (SSSR count). The average molecular weight is 390 g/mol. The van der Waals surface area contributed by atoms with Crippen molar-refractivity contribution in [3.63, 3.8) is 0 Å². The van der Waals surface area contributed by atoms with Gasteiger partial charge in [0.2, 0.25) is 5.88 Å². The van der Waals surface area contributed by atoms with Gasteiger partial charge in [-0.3, -0.25) is 0 Å². The van der Waals surface area contributed by atoms with Crippen LogP contribution in [0.2, 0.25) is 0 Å². The highest BCUT2D eigenvalue weighted by Gasteiger charge is 2.28. The molecule has 1 atom stereocenters. The smallest absolute Gasteiger partial charge is 0.321 e. The van der Waals surface area contributed by atoms with Gasteiger partial charge in [-0.05, 0) is 59.1 Å². The third kappa shape index (κ3) is 4.06. The predicted octanol–water partition coefficient (Wildman–Crippen LogP) is 4.15. The van der Waals surface area contributed by atoms with Crippen LogP contribution in [0.1, 0.15) is 17.5 Å². The van der Waals surface area contributed by atoms with E-state index in [1.54, 1.807) is 11.1 Å². The predicted molar refractivity (Wildman–Crippen MR) is 97.5 cm³/mol. The number of carbonyl (C=O) groups excluding carboxylic acids is 1. The number of hydrogen-bond acceptors (Lipinski definition) is 3.